The molecule has 0 saturated carbocycles. The maximum absolute atomic E-state index is 14.4. The summed E-state index contributed by atoms with van der Waals surface area (Å²) in [5, 5.41) is 0. The van der Waals surface area contributed by atoms with Crippen LogP contribution in [-0.4, -0.2) is 58.8 Å². The van der Waals surface area contributed by atoms with E-state index in [1.807, 2.05) is 18.2 Å². The molecule has 0 spiro atoms. The van der Waals surface area contributed by atoms with Crippen molar-refractivity contribution in [2.45, 2.75) is 70.4 Å². The van der Waals surface area contributed by atoms with Crippen LogP contribution in [0.4, 0.5) is 4.39 Å². The highest BCUT2D eigenvalue weighted by Gasteiger charge is 2.43. The van der Waals surface area contributed by atoms with Gasteiger partial charge in [-0.15, -0.1) is 0 Å². The molecule has 1 aromatic rings. The Hall–Kier alpha value is -2.80. The van der Waals surface area contributed by atoms with Crippen molar-refractivity contribution in [3.63, 3.8) is 0 Å². The van der Waals surface area contributed by atoms with Crippen LogP contribution in [0.25, 0.3) is 0 Å². The molecule has 0 radical (unpaired) electrons. The van der Waals surface area contributed by atoms with Gasteiger partial charge in [-0.05, 0) is 56.2 Å². The number of amidine groups is 1. The monoisotopic (exact) mass is 477 g/mol. The van der Waals surface area contributed by atoms with E-state index in [9.17, 15) is 9.18 Å². The van der Waals surface area contributed by atoms with Gasteiger partial charge in [0.1, 0.15) is 24.0 Å². The van der Waals surface area contributed by atoms with Crippen molar-refractivity contribution in [2.75, 3.05) is 13.1 Å². The molecule has 4 aliphatic rings. The number of carbonyl (C=O) groups excluding carboxylic acids is 1. The van der Waals surface area contributed by atoms with Crippen molar-refractivity contribution in [3.05, 3.63) is 59.2 Å². The topological polar surface area (TPSA) is 74.3 Å². The van der Waals surface area contributed by atoms with Crippen molar-refractivity contribution >= 4 is 18.1 Å². The molecule has 1 aromatic carbocycles. The van der Waals surface area contributed by atoms with Gasteiger partial charge in [0.05, 0.1) is 12.3 Å². The molecule has 3 aliphatic heterocycles. The van der Waals surface area contributed by atoms with Crippen LogP contribution in [0.2, 0.25) is 0 Å². The summed E-state index contributed by atoms with van der Waals surface area (Å²) in [7, 11) is 0. The fourth-order valence-corrected chi connectivity index (χ4v) is 6.10. The molecule has 2 fully saturated rings. The van der Waals surface area contributed by atoms with E-state index >= 15 is 0 Å². The summed E-state index contributed by atoms with van der Waals surface area (Å²) in [6.07, 6.45) is 12.7. The van der Waals surface area contributed by atoms with Gasteiger partial charge in [0.25, 0.3) is 0 Å². The van der Waals surface area contributed by atoms with E-state index < -0.39 is 5.67 Å². The van der Waals surface area contributed by atoms with Gasteiger partial charge in [0.2, 0.25) is 5.91 Å². The molecule has 3 heterocycles. The van der Waals surface area contributed by atoms with E-state index in [0.29, 0.717) is 17.9 Å². The molecule has 2 N–H and O–H groups in total. The number of carbonyl (C=O) groups is 1. The maximum atomic E-state index is 14.4. The second-order valence-electron chi connectivity index (χ2n) is 10.8. The highest BCUT2D eigenvalue weighted by Crippen LogP contribution is 2.38. The Morgan fingerprint density at radius 2 is 1.94 bits per heavy atom. The molecule has 35 heavy (non-hydrogen) atoms. The number of likely N-dealkylation sites (tertiary alicyclic amines) is 2. The number of nitrogens with zero attached hydrogens (tertiary/aromatic N) is 4. The first-order valence-corrected chi connectivity index (χ1v) is 12.8. The van der Waals surface area contributed by atoms with E-state index in [-0.39, 0.29) is 18.5 Å². The number of aliphatic imine (C=N–C) groups is 2. The van der Waals surface area contributed by atoms with E-state index in [4.69, 9.17) is 15.7 Å². The standard InChI is InChI=1S/C28H36FN5O/c1-28(2,29)22-11-9-21(10-12-22)24-4-3-14-34(24)27-23-13-15-33(26(23)31-18-32-27)17-20-7-5-19(6-8-20)16-25(30)35/h5-9,11-12,18,21,23-24,26H,3-4,10,13-17H2,1-2H3,(H2,30,35). The third kappa shape index (κ3) is 5.10. The largest absolute Gasteiger partial charge is 0.369 e. The van der Waals surface area contributed by atoms with Crippen LogP contribution in [0.1, 0.15) is 50.7 Å². The quantitative estimate of drug-likeness (QED) is 0.673. The van der Waals surface area contributed by atoms with Crippen LogP contribution in [-0.2, 0) is 17.8 Å². The SMILES string of the molecule is CC(C)(F)C1=CCC(C2CCCN2C2=NC=NC3C2CCN3Cc2ccc(CC(N)=O)cc2)C=C1. The molecular formula is C28H36FN5O. The van der Waals surface area contributed by atoms with Crippen LogP contribution < -0.4 is 5.73 Å². The van der Waals surface area contributed by atoms with E-state index in [1.165, 1.54) is 11.4 Å². The molecule has 6 nitrogen and oxygen atoms in total. The van der Waals surface area contributed by atoms with Crippen LogP contribution in [0, 0.1) is 11.8 Å². The van der Waals surface area contributed by atoms with Crippen LogP contribution in [0.3, 0.4) is 0 Å². The lowest BCUT2D eigenvalue weighted by Crippen LogP contribution is -2.47. The Kier molecular flexibility index (Phi) is 6.62. The van der Waals surface area contributed by atoms with E-state index in [2.05, 4.69) is 34.1 Å². The third-order valence-electron chi connectivity index (χ3n) is 7.90. The zero-order valence-corrected chi connectivity index (χ0v) is 20.7. The number of benzene rings is 1. The van der Waals surface area contributed by atoms with Crippen molar-refractivity contribution < 1.29 is 9.18 Å². The summed E-state index contributed by atoms with van der Waals surface area (Å²) in [5.41, 5.74) is 6.97. The zero-order chi connectivity index (χ0) is 24.6. The van der Waals surface area contributed by atoms with Crippen LogP contribution >= 0.6 is 0 Å². The van der Waals surface area contributed by atoms with Crippen LogP contribution in [0.15, 0.2) is 58.1 Å². The molecule has 1 amide bonds. The Morgan fingerprint density at radius 3 is 2.63 bits per heavy atom. The minimum Gasteiger partial charge on any atom is -0.369 e. The van der Waals surface area contributed by atoms with Gasteiger partial charge in [-0.1, -0.05) is 42.5 Å². The Labute approximate surface area is 207 Å². The predicted octanol–water partition coefficient (Wildman–Crippen LogP) is 4.02. The molecule has 186 valence electrons. The minimum absolute atomic E-state index is 0.106. The number of hydrogen-bond acceptors (Lipinski definition) is 5. The number of hydrogen-bond donors (Lipinski definition) is 1. The number of amides is 1. The van der Waals surface area contributed by atoms with Gasteiger partial charge in [-0.2, -0.15) is 0 Å². The molecule has 7 heteroatoms. The molecule has 4 unspecified atom stereocenters. The Morgan fingerprint density at radius 1 is 1.17 bits per heavy atom. The van der Waals surface area contributed by atoms with Gasteiger partial charge < -0.3 is 10.6 Å². The van der Waals surface area contributed by atoms with Crippen molar-refractivity contribution in [1.82, 2.24) is 9.80 Å². The molecular weight excluding hydrogens is 441 g/mol. The average Bonchev–Trinajstić information content (AvgIpc) is 3.47. The summed E-state index contributed by atoms with van der Waals surface area (Å²) in [5.74, 6) is 1.56. The Balaban J connectivity index is 1.25. The number of allylic oxidation sites excluding steroid dienone is 3. The maximum Gasteiger partial charge on any atom is 0.221 e. The molecule has 2 saturated heterocycles. The smallest absolute Gasteiger partial charge is 0.221 e. The fraction of sp³-hybridized carbons (Fsp3) is 0.536. The van der Waals surface area contributed by atoms with Crippen molar-refractivity contribution in [2.24, 2.45) is 27.6 Å². The first kappa shape index (κ1) is 23.9. The van der Waals surface area contributed by atoms with Gasteiger partial charge >= 0.3 is 0 Å². The molecule has 0 aromatic heterocycles. The van der Waals surface area contributed by atoms with Crippen LogP contribution in [0.5, 0.6) is 0 Å². The van der Waals surface area contributed by atoms with E-state index in [1.54, 1.807) is 20.2 Å². The second kappa shape index (κ2) is 9.69. The highest BCUT2D eigenvalue weighted by atomic mass is 19.1. The summed E-state index contributed by atoms with van der Waals surface area (Å²) in [6.45, 7) is 6.08. The zero-order valence-electron chi connectivity index (χ0n) is 20.7. The van der Waals surface area contributed by atoms with Gasteiger partial charge in [-0.3, -0.25) is 14.7 Å². The van der Waals surface area contributed by atoms with Crippen molar-refractivity contribution in [1.29, 1.82) is 0 Å². The lowest BCUT2D eigenvalue weighted by atomic mass is 9.85. The molecule has 0 bridgehead atoms. The number of nitrogens with two attached hydrogens (primary N) is 1. The number of rotatable bonds is 6. The van der Waals surface area contributed by atoms with Gasteiger partial charge in [-0.25, -0.2) is 9.38 Å². The summed E-state index contributed by atoms with van der Waals surface area (Å²) >= 11 is 0. The normalized spacial score (nSPS) is 28.7. The van der Waals surface area contributed by atoms with E-state index in [0.717, 1.165) is 56.5 Å². The average molecular weight is 478 g/mol. The summed E-state index contributed by atoms with van der Waals surface area (Å²) < 4.78 is 14.4. The number of halogens is 1. The first-order chi connectivity index (χ1) is 16.8. The lowest BCUT2D eigenvalue weighted by molar-refractivity contribution is -0.117. The number of primary amides is 1. The Bertz CT molecular complexity index is 1070. The lowest BCUT2D eigenvalue weighted by Gasteiger charge is -2.38. The third-order valence-corrected chi connectivity index (χ3v) is 7.90. The molecule has 1 aliphatic carbocycles. The second-order valence-corrected chi connectivity index (χ2v) is 10.8. The predicted molar refractivity (Wildman–Crippen MR) is 138 cm³/mol. The number of fused-ring (bicyclic) bond motifs is 1. The molecule has 5 rings (SSSR count). The number of alkyl halides is 1. The minimum atomic E-state index is -1.29. The summed E-state index contributed by atoms with van der Waals surface area (Å²) in [6, 6.07) is 8.55. The summed E-state index contributed by atoms with van der Waals surface area (Å²) in [4.78, 5) is 25.7. The van der Waals surface area contributed by atoms with Gasteiger partial charge in [0.15, 0.2) is 0 Å². The first-order valence-electron chi connectivity index (χ1n) is 12.8. The van der Waals surface area contributed by atoms with Gasteiger partial charge in [0, 0.05) is 31.6 Å². The fourth-order valence-electron chi connectivity index (χ4n) is 6.10. The van der Waals surface area contributed by atoms with Crippen molar-refractivity contribution in [3.8, 4) is 0 Å². The molecule has 4 atom stereocenters. The highest BCUT2D eigenvalue weighted by molar-refractivity contribution is 5.93.